The van der Waals surface area contributed by atoms with E-state index in [1.807, 2.05) is 0 Å². The van der Waals surface area contributed by atoms with E-state index >= 15 is 0 Å². The first-order valence-corrected chi connectivity index (χ1v) is 6.82. The normalized spacial score (nSPS) is 43.6. The van der Waals surface area contributed by atoms with E-state index < -0.39 is 0 Å². The summed E-state index contributed by atoms with van der Waals surface area (Å²) in [5, 5.41) is 0. The van der Waals surface area contributed by atoms with E-state index in [0.717, 1.165) is 31.3 Å². The van der Waals surface area contributed by atoms with Crippen molar-refractivity contribution in [1.29, 1.82) is 0 Å². The largest absolute Gasteiger partial charge is 0.358 e. The summed E-state index contributed by atoms with van der Waals surface area (Å²) in [7, 11) is 0. The molecule has 0 aromatic rings. The van der Waals surface area contributed by atoms with Crippen molar-refractivity contribution in [2.45, 2.75) is 57.2 Å². The minimum absolute atomic E-state index is 0.00468. The van der Waals surface area contributed by atoms with Gasteiger partial charge in [-0.25, -0.2) is 0 Å². The minimum Gasteiger partial charge on any atom is -0.358 e. The Morgan fingerprint density at radius 3 is 3.18 bits per heavy atom. The van der Waals surface area contributed by atoms with Gasteiger partial charge in [0.25, 0.3) is 0 Å². The smallest absolute Gasteiger partial charge is 0.162 e. The standard InChI is InChI=1S/C15H18O2/c1-9-7-13-14-10(4-5-12(14)16)8-11-3-2-6-15(9,11)17-13/h7,11,13H,2-6,8H2,1H3/t11-,13+,15-/m0/s1. The second kappa shape index (κ2) is 3.11. The molecule has 0 amide bonds. The highest BCUT2D eigenvalue weighted by Crippen LogP contribution is 2.55. The first kappa shape index (κ1) is 10.1. The quantitative estimate of drug-likeness (QED) is 0.598. The maximum atomic E-state index is 12.0. The van der Waals surface area contributed by atoms with Gasteiger partial charge < -0.3 is 4.74 Å². The molecule has 0 radical (unpaired) electrons. The number of carbonyl (C=O) groups excluding carboxylic acids is 1. The average Bonchev–Trinajstić information content (AvgIpc) is 2.90. The molecule has 0 N–H and O–H groups in total. The van der Waals surface area contributed by atoms with Gasteiger partial charge in [0.1, 0.15) is 6.10 Å². The molecule has 2 heterocycles. The Balaban J connectivity index is 1.87. The first-order valence-electron chi connectivity index (χ1n) is 6.82. The highest BCUT2D eigenvalue weighted by Gasteiger charge is 2.53. The van der Waals surface area contributed by atoms with Crippen molar-refractivity contribution in [2.24, 2.45) is 5.92 Å². The molecular weight excluding hydrogens is 212 g/mol. The SMILES string of the molecule is CC1=C[C@H]2O[C@@]13CCC[C@H]3CC1=C2C(=O)CC1. The van der Waals surface area contributed by atoms with Crippen molar-refractivity contribution >= 4 is 5.78 Å². The Labute approximate surface area is 102 Å². The molecule has 1 spiro atoms. The molecule has 0 aromatic carbocycles. The van der Waals surface area contributed by atoms with Crippen molar-refractivity contribution in [3.05, 3.63) is 22.8 Å². The van der Waals surface area contributed by atoms with Crippen molar-refractivity contribution in [3.8, 4) is 0 Å². The molecule has 3 atom stereocenters. The predicted molar refractivity (Wildman–Crippen MR) is 64.6 cm³/mol. The predicted octanol–water partition coefficient (Wildman–Crippen LogP) is 2.93. The molecule has 4 rings (SSSR count). The fourth-order valence-electron chi connectivity index (χ4n) is 4.45. The Morgan fingerprint density at radius 1 is 1.41 bits per heavy atom. The summed E-state index contributed by atoms with van der Waals surface area (Å²) >= 11 is 0. The van der Waals surface area contributed by atoms with Crippen LogP contribution in [0, 0.1) is 5.92 Å². The van der Waals surface area contributed by atoms with E-state index in [0.29, 0.717) is 11.7 Å². The van der Waals surface area contributed by atoms with E-state index in [4.69, 9.17) is 4.74 Å². The number of Topliss-reactive ketones (excluding diaryl/α,β-unsaturated/α-hetero) is 1. The maximum absolute atomic E-state index is 12.0. The lowest BCUT2D eigenvalue weighted by Gasteiger charge is -2.32. The average molecular weight is 230 g/mol. The van der Waals surface area contributed by atoms with Crippen molar-refractivity contribution in [3.63, 3.8) is 0 Å². The van der Waals surface area contributed by atoms with Gasteiger partial charge in [-0.3, -0.25) is 4.79 Å². The van der Waals surface area contributed by atoms with Crippen LogP contribution in [0.4, 0.5) is 0 Å². The van der Waals surface area contributed by atoms with Crippen LogP contribution in [0.2, 0.25) is 0 Å². The van der Waals surface area contributed by atoms with E-state index in [-0.39, 0.29) is 11.7 Å². The number of ether oxygens (including phenoxy) is 1. The summed E-state index contributed by atoms with van der Waals surface area (Å²) in [6, 6.07) is 0. The Kier molecular flexibility index (Phi) is 1.84. The third kappa shape index (κ3) is 1.12. The third-order valence-electron chi connectivity index (χ3n) is 5.28. The highest BCUT2D eigenvalue weighted by atomic mass is 16.5. The molecule has 90 valence electrons. The molecule has 2 heteroatoms. The first-order chi connectivity index (χ1) is 8.21. The second-order valence-electron chi connectivity index (χ2n) is 6.01. The van der Waals surface area contributed by atoms with Crippen LogP contribution >= 0.6 is 0 Å². The zero-order chi connectivity index (χ0) is 11.6. The molecule has 2 aliphatic heterocycles. The van der Waals surface area contributed by atoms with E-state index in [1.165, 1.54) is 24.0 Å². The monoisotopic (exact) mass is 230 g/mol. The van der Waals surface area contributed by atoms with Gasteiger partial charge in [0.15, 0.2) is 5.78 Å². The van der Waals surface area contributed by atoms with Gasteiger partial charge in [-0.15, -0.1) is 0 Å². The van der Waals surface area contributed by atoms with Gasteiger partial charge in [-0.2, -0.15) is 0 Å². The second-order valence-corrected chi connectivity index (χ2v) is 6.01. The summed E-state index contributed by atoms with van der Waals surface area (Å²) < 4.78 is 6.36. The number of carbonyl (C=O) groups is 1. The third-order valence-corrected chi connectivity index (χ3v) is 5.28. The van der Waals surface area contributed by atoms with Crippen LogP contribution in [0.3, 0.4) is 0 Å². The molecule has 2 aliphatic carbocycles. The van der Waals surface area contributed by atoms with Crippen molar-refractivity contribution in [2.75, 3.05) is 0 Å². The minimum atomic E-state index is -0.0110. The van der Waals surface area contributed by atoms with Gasteiger partial charge in [0.2, 0.25) is 0 Å². The number of rotatable bonds is 0. The fraction of sp³-hybridized carbons (Fsp3) is 0.667. The summed E-state index contributed by atoms with van der Waals surface area (Å²) in [4.78, 5) is 12.0. The Morgan fingerprint density at radius 2 is 2.29 bits per heavy atom. The summed E-state index contributed by atoms with van der Waals surface area (Å²) in [5.74, 6) is 0.966. The molecule has 0 unspecified atom stereocenters. The lowest BCUT2D eigenvalue weighted by Crippen LogP contribution is -2.35. The van der Waals surface area contributed by atoms with Crippen molar-refractivity contribution in [1.82, 2.24) is 0 Å². The van der Waals surface area contributed by atoms with Crippen LogP contribution in [0.15, 0.2) is 22.8 Å². The van der Waals surface area contributed by atoms with Gasteiger partial charge in [0.05, 0.1) is 5.60 Å². The molecular formula is C15H18O2. The summed E-state index contributed by atoms with van der Waals surface area (Å²) in [6.07, 6.45) is 8.74. The zero-order valence-electron chi connectivity index (χ0n) is 10.3. The molecule has 2 nitrogen and oxygen atoms in total. The molecule has 17 heavy (non-hydrogen) atoms. The number of allylic oxidation sites excluding steroid dienone is 1. The number of ketones is 1. The lowest BCUT2D eigenvalue weighted by atomic mass is 9.80. The highest BCUT2D eigenvalue weighted by molar-refractivity contribution is 6.00. The van der Waals surface area contributed by atoms with Crippen molar-refractivity contribution < 1.29 is 9.53 Å². The fourth-order valence-corrected chi connectivity index (χ4v) is 4.45. The lowest BCUT2D eigenvalue weighted by molar-refractivity contribution is -0.116. The van der Waals surface area contributed by atoms with Crippen LogP contribution < -0.4 is 0 Å². The van der Waals surface area contributed by atoms with E-state index in [2.05, 4.69) is 13.0 Å². The van der Waals surface area contributed by atoms with Crippen LogP contribution in [-0.2, 0) is 9.53 Å². The number of hydrogen-bond acceptors (Lipinski definition) is 2. The Bertz CT molecular complexity index is 471. The van der Waals surface area contributed by atoms with Gasteiger partial charge in [-0.05, 0) is 56.6 Å². The van der Waals surface area contributed by atoms with Gasteiger partial charge >= 0.3 is 0 Å². The van der Waals surface area contributed by atoms with Gasteiger partial charge in [0, 0.05) is 12.0 Å². The molecule has 2 bridgehead atoms. The van der Waals surface area contributed by atoms with Gasteiger partial charge in [-0.1, -0.05) is 5.57 Å². The van der Waals surface area contributed by atoms with E-state index in [9.17, 15) is 4.79 Å². The topological polar surface area (TPSA) is 26.3 Å². The molecule has 0 saturated heterocycles. The molecule has 4 aliphatic rings. The molecule has 0 aromatic heterocycles. The summed E-state index contributed by atoms with van der Waals surface area (Å²) in [5.41, 5.74) is 3.82. The Hall–Kier alpha value is -0.890. The number of hydrogen-bond donors (Lipinski definition) is 0. The summed E-state index contributed by atoms with van der Waals surface area (Å²) in [6.45, 7) is 2.20. The van der Waals surface area contributed by atoms with Crippen LogP contribution in [0.1, 0.15) is 45.4 Å². The zero-order valence-corrected chi connectivity index (χ0v) is 10.3. The molecule has 1 fully saturated rings. The molecule has 1 saturated carbocycles. The van der Waals surface area contributed by atoms with Crippen LogP contribution in [0.5, 0.6) is 0 Å². The van der Waals surface area contributed by atoms with Crippen LogP contribution in [-0.4, -0.2) is 17.5 Å². The van der Waals surface area contributed by atoms with Crippen LogP contribution in [0.25, 0.3) is 0 Å². The number of fused-ring (bicyclic) bond motifs is 2. The maximum Gasteiger partial charge on any atom is 0.162 e. The van der Waals surface area contributed by atoms with E-state index in [1.54, 1.807) is 0 Å².